The standard InChI is InChI=1S/C22H20F2N6O4/c23-22(24)34-14-8-12(9-25-10-14)16-5-6-17(28-27-16)26-18(31)11-29-7-1-2-15-19(29)21(33)30(20(15)32)13-3-4-13/h5-6,8-10,13,22H,1-4,7,11H2,(H,26,28,31). The number of hydrogen-bond acceptors (Lipinski definition) is 8. The van der Waals surface area contributed by atoms with E-state index in [2.05, 4.69) is 25.2 Å². The number of anilines is 1. The minimum Gasteiger partial charge on any atom is -0.433 e. The Bertz CT molecular complexity index is 1180. The summed E-state index contributed by atoms with van der Waals surface area (Å²) in [5, 5.41) is 10.6. The molecule has 1 aliphatic carbocycles. The zero-order chi connectivity index (χ0) is 23.8. The molecule has 2 aliphatic heterocycles. The Hall–Kier alpha value is -3.96. The second-order valence-corrected chi connectivity index (χ2v) is 8.20. The Morgan fingerprint density at radius 3 is 2.71 bits per heavy atom. The lowest BCUT2D eigenvalue weighted by Crippen LogP contribution is -2.40. The molecule has 4 heterocycles. The predicted octanol–water partition coefficient (Wildman–Crippen LogP) is 1.96. The quantitative estimate of drug-likeness (QED) is 0.611. The van der Waals surface area contributed by atoms with Crippen LogP contribution >= 0.6 is 0 Å². The van der Waals surface area contributed by atoms with Crippen LogP contribution in [0, 0.1) is 0 Å². The summed E-state index contributed by atoms with van der Waals surface area (Å²) >= 11 is 0. The number of pyridine rings is 1. The van der Waals surface area contributed by atoms with Crippen molar-refractivity contribution < 1.29 is 27.9 Å². The molecular formula is C22H20F2N6O4. The van der Waals surface area contributed by atoms with Crippen LogP contribution in [0.1, 0.15) is 25.7 Å². The molecule has 0 spiro atoms. The first-order chi connectivity index (χ1) is 16.4. The lowest BCUT2D eigenvalue weighted by atomic mass is 10.0. The van der Waals surface area contributed by atoms with Crippen molar-refractivity contribution in [2.75, 3.05) is 18.4 Å². The van der Waals surface area contributed by atoms with E-state index in [0.717, 1.165) is 19.0 Å². The average molecular weight is 470 g/mol. The molecule has 3 aliphatic rings. The van der Waals surface area contributed by atoms with Gasteiger partial charge in [0.1, 0.15) is 11.4 Å². The molecule has 12 heteroatoms. The molecule has 0 unspecified atom stereocenters. The third-order valence-corrected chi connectivity index (χ3v) is 5.77. The first-order valence-corrected chi connectivity index (χ1v) is 10.8. The first-order valence-electron chi connectivity index (χ1n) is 10.8. The zero-order valence-corrected chi connectivity index (χ0v) is 17.9. The van der Waals surface area contributed by atoms with Gasteiger partial charge in [0.25, 0.3) is 11.8 Å². The van der Waals surface area contributed by atoms with E-state index >= 15 is 0 Å². The summed E-state index contributed by atoms with van der Waals surface area (Å²) in [6, 6.07) is 4.40. The number of ether oxygens (including phenoxy) is 1. The number of amides is 3. The van der Waals surface area contributed by atoms with E-state index in [4.69, 9.17) is 0 Å². The highest BCUT2D eigenvalue weighted by molar-refractivity contribution is 6.19. The summed E-state index contributed by atoms with van der Waals surface area (Å²) < 4.78 is 29.1. The molecule has 0 bridgehead atoms. The second kappa shape index (κ2) is 8.76. The van der Waals surface area contributed by atoms with Crippen molar-refractivity contribution in [3.8, 4) is 17.0 Å². The number of aromatic nitrogens is 3. The minimum absolute atomic E-state index is 0.0205. The van der Waals surface area contributed by atoms with Crippen molar-refractivity contribution in [2.24, 2.45) is 0 Å². The van der Waals surface area contributed by atoms with Crippen molar-refractivity contribution in [1.29, 1.82) is 0 Å². The number of alkyl halides is 2. The average Bonchev–Trinajstić information content (AvgIpc) is 3.60. The van der Waals surface area contributed by atoms with Gasteiger partial charge < -0.3 is 15.0 Å². The predicted molar refractivity (Wildman–Crippen MR) is 113 cm³/mol. The summed E-state index contributed by atoms with van der Waals surface area (Å²) in [5.74, 6) is -0.879. The Morgan fingerprint density at radius 1 is 1.18 bits per heavy atom. The zero-order valence-electron chi connectivity index (χ0n) is 17.9. The van der Waals surface area contributed by atoms with Crippen molar-refractivity contribution in [1.82, 2.24) is 25.0 Å². The summed E-state index contributed by atoms with van der Waals surface area (Å²) in [6.07, 6.45) is 5.45. The highest BCUT2D eigenvalue weighted by atomic mass is 19.3. The van der Waals surface area contributed by atoms with Gasteiger partial charge in [-0.25, -0.2) is 0 Å². The Balaban J connectivity index is 1.24. The number of carbonyl (C=O) groups is 3. The lowest BCUT2D eigenvalue weighted by molar-refractivity contribution is -0.138. The molecule has 176 valence electrons. The Labute approximate surface area is 192 Å². The van der Waals surface area contributed by atoms with E-state index in [0.29, 0.717) is 41.9 Å². The van der Waals surface area contributed by atoms with Gasteiger partial charge in [-0.15, -0.1) is 10.2 Å². The van der Waals surface area contributed by atoms with E-state index in [-0.39, 0.29) is 36.0 Å². The molecule has 10 nitrogen and oxygen atoms in total. The molecular weight excluding hydrogens is 450 g/mol. The van der Waals surface area contributed by atoms with Crippen LogP contribution in [0.4, 0.5) is 14.6 Å². The number of carbonyl (C=O) groups excluding carboxylic acids is 3. The van der Waals surface area contributed by atoms with Crippen LogP contribution in [0.15, 0.2) is 41.9 Å². The molecule has 3 amide bonds. The van der Waals surface area contributed by atoms with E-state index in [1.807, 2.05) is 0 Å². The maximum absolute atomic E-state index is 12.8. The van der Waals surface area contributed by atoms with Crippen LogP contribution in [0.2, 0.25) is 0 Å². The van der Waals surface area contributed by atoms with Crippen LogP contribution in [0.3, 0.4) is 0 Å². The molecule has 34 heavy (non-hydrogen) atoms. The van der Waals surface area contributed by atoms with Crippen LogP contribution in [-0.2, 0) is 14.4 Å². The normalized spacial score (nSPS) is 18.0. The number of rotatable bonds is 7. The van der Waals surface area contributed by atoms with Crippen LogP contribution in [-0.4, -0.2) is 68.4 Å². The fourth-order valence-corrected chi connectivity index (χ4v) is 4.15. The van der Waals surface area contributed by atoms with Gasteiger partial charge in [-0.3, -0.25) is 24.3 Å². The molecule has 0 aromatic carbocycles. The molecule has 1 saturated carbocycles. The molecule has 1 fully saturated rings. The summed E-state index contributed by atoms with van der Waals surface area (Å²) in [5.41, 5.74) is 1.59. The van der Waals surface area contributed by atoms with Crippen LogP contribution in [0.25, 0.3) is 11.3 Å². The monoisotopic (exact) mass is 470 g/mol. The summed E-state index contributed by atoms with van der Waals surface area (Å²) in [6.45, 7) is -2.57. The van der Waals surface area contributed by atoms with Gasteiger partial charge in [0, 0.05) is 29.9 Å². The lowest BCUT2D eigenvalue weighted by Gasteiger charge is -2.28. The van der Waals surface area contributed by atoms with Gasteiger partial charge in [-0.1, -0.05) is 0 Å². The van der Waals surface area contributed by atoms with Crippen LogP contribution < -0.4 is 10.1 Å². The number of halogens is 2. The van der Waals surface area contributed by atoms with Crippen molar-refractivity contribution in [3.05, 3.63) is 41.9 Å². The number of nitrogens with zero attached hydrogens (tertiary/aromatic N) is 5. The number of imide groups is 1. The third kappa shape index (κ3) is 4.30. The SMILES string of the molecule is O=C(CN1CCCC2=C1C(=O)N(C1CC1)C2=O)Nc1ccc(-c2cncc(OC(F)F)c2)nn1. The van der Waals surface area contributed by atoms with E-state index in [1.54, 1.807) is 11.0 Å². The summed E-state index contributed by atoms with van der Waals surface area (Å²) in [4.78, 5) is 44.9. The maximum Gasteiger partial charge on any atom is 0.387 e. The van der Waals surface area contributed by atoms with Gasteiger partial charge in [0.2, 0.25) is 5.91 Å². The fraction of sp³-hybridized carbons (Fsp3) is 0.364. The van der Waals surface area contributed by atoms with Crippen molar-refractivity contribution in [2.45, 2.75) is 38.3 Å². The number of nitrogens with one attached hydrogen (secondary N) is 1. The molecule has 1 N–H and O–H groups in total. The van der Waals surface area contributed by atoms with Gasteiger partial charge in [-0.05, 0) is 43.9 Å². The largest absolute Gasteiger partial charge is 0.433 e. The van der Waals surface area contributed by atoms with E-state index in [1.165, 1.54) is 23.2 Å². The van der Waals surface area contributed by atoms with Gasteiger partial charge in [0.05, 0.1) is 18.4 Å². The topological polar surface area (TPSA) is 118 Å². The molecule has 0 saturated heterocycles. The second-order valence-electron chi connectivity index (χ2n) is 8.20. The molecule has 0 atom stereocenters. The maximum atomic E-state index is 12.8. The van der Waals surface area contributed by atoms with E-state index < -0.39 is 12.5 Å². The smallest absolute Gasteiger partial charge is 0.387 e. The van der Waals surface area contributed by atoms with Gasteiger partial charge in [-0.2, -0.15) is 8.78 Å². The van der Waals surface area contributed by atoms with Gasteiger partial charge >= 0.3 is 6.61 Å². The molecule has 0 radical (unpaired) electrons. The Kier molecular flexibility index (Phi) is 5.64. The molecule has 5 rings (SSSR count). The van der Waals surface area contributed by atoms with E-state index in [9.17, 15) is 23.2 Å². The first kappa shape index (κ1) is 21.9. The van der Waals surface area contributed by atoms with Crippen molar-refractivity contribution in [3.63, 3.8) is 0 Å². The highest BCUT2D eigenvalue weighted by Crippen LogP contribution is 2.38. The summed E-state index contributed by atoms with van der Waals surface area (Å²) in [7, 11) is 0. The number of hydrogen-bond donors (Lipinski definition) is 1. The molecule has 2 aromatic rings. The third-order valence-electron chi connectivity index (χ3n) is 5.77. The fourth-order valence-electron chi connectivity index (χ4n) is 4.15. The molecule has 2 aromatic heterocycles. The minimum atomic E-state index is -2.97. The van der Waals surface area contributed by atoms with Crippen molar-refractivity contribution >= 4 is 23.5 Å². The Morgan fingerprint density at radius 2 is 2.00 bits per heavy atom. The van der Waals surface area contributed by atoms with Gasteiger partial charge in [0.15, 0.2) is 5.82 Å². The highest BCUT2D eigenvalue weighted by Gasteiger charge is 2.48. The van der Waals surface area contributed by atoms with Crippen LogP contribution in [0.5, 0.6) is 5.75 Å².